The zero-order valence-corrected chi connectivity index (χ0v) is 14.7. The predicted octanol–water partition coefficient (Wildman–Crippen LogP) is 1.84. The summed E-state index contributed by atoms with van der Waals surface area (Å²) >= 11 is 1.43. The molecule has 0 spiro atoms. The fraction of sp³-hybridized carbons (Fsp3) is 0.600. The summed E-state index contributed by atoms with van der Waals surface area (Å²) in [5.74, 6) is 0.0416. The average Bonchev–Trinajstić information content (AvgIpc) is 3.05. The Hall–Kier alpha value is -1.11. The number of rotatable bonds is 5. The minimum Gasteiger partial charge on any atom is -0.343 e. The topological polar surface area (TPSA) is 52.7 Å². The van der Waals surface area contributed by atoms with Crippen LogP contribution >= 0.6 is 23.7 Å². The lowest BCUT2D eigenvalue weighted by Crippen LogP contribution is -2.52. The number of thiophene rings is 1. The van der Waals surface area contributed by atoms with Gasteiger partial charge in [-0.15, -0.1) is 23.7 Å². The van der Waals surface area contributed by atoms with Crippen LogP contribution in [0.5, 0.6) is 0 Å². The fourth-order valence-electron chi connectivity index (χ4n) is 2.62. The standard InChI is InChI=1S/C15H23N3O2S.ClH/c1-16-8-10-17(2)14(19)12-6-3-4-9-18(12)15(20)13-7-5-11-21-13;/h5,7,11-12,16H,3-4,6,8-10H2,1-2H3;1H. The Morgan fingerprint density at radius 1 is 1.45 bits per heavy atom. The number of halogens is 1. The molecule has 1 N–H and O–H groups in total. The Balaban J connectivity index is 0.00000242. The highest BCUT2D eigenvalue weighted by Crippen LogP contribution is 2.22. The molecule has 1 aliphatic rings. The lowest BCUT2D eigenvalue weighted by Gasteiger charge is -2.36. The number of nitrogens with zero attached hydrogens (tertiary/aromatic N) is 2. The number of hydrogen-bond donors (Lipinski definition) is 1. The van der Waals surface area contributed by atoms with Gasteiger partial charge in [0.1, 0.15) is 6.04 Å². The Morgan fingerprint density at radius 3 is 2.86 bits per heavy atom. The fourth-order valence-corrected chi connectivity index (χ4v) is 3.30. The Labute approximate surface area is 142 Å². The molecule has 1 atom stereocenters. The third kappa shape index (κ3) is 4.44. The van der Waals surface area contributed by atoms with Crippen LogP contribution in [0.1, 0.15) is 28.9 Å². The SMILES string of the molecule is CNCCN(C)C(=O)C1CCCCN1C(=O)c1cccs1.Cl. The summed E-state index contributed by atoms with van der Waals surface area (Å²) < 4.78 is 0. The molecule has 1 aliphatic heterocycles. The van der Waals surface area contributed by atoms with E-state index < -0.39 is 0 Å². The van der Waals surface area contributed by atoms with Crippen molar-refractivity contribution in [2.24, 2.45) is 0 Å². The minimum absolute atomic E-state index is 0. The molecule has 2 amide bonds. The van der Waals surface area contributed by atoms with E-state index in [2.05, 4.69) is 5.32 Å². The van der Waals surface area contributed by atoms with Crippen LogP contribution in [0.2, 0.25) is 0 Å². The molecule has 1 fully saturated rings. The van der Waals surface area contributed by atoms with Crippen molar-refractivity contribution in [1.29, 1.82) is 0 Å². The molecule has 7 heteroatoms. The molecule has 0 saturated carbocycles. The number of piperidine rings is 1. The maximum Gasteiger partial charge on any atom is 0.264 e. The van der Waals surface area contributed by atoms with Gasteiger partial charge in [0.15, 0.2) is 0 Å². The summed E-state index contributed by atoms with van der Waals surface area (Å²) in [5, 5.41) is 4.94. The number of nitrogens with one attached hydrogen (secondary N) is 1. The Morgan fingerprint density at radius 2 is 2.23 bits per heavy atom. The summed E-state index contributed by atoms with van der Waals surface area (Å²) in [6, 6.07) is 3.39. The molecule has 124 valence electrons. The number of amides is 2. The number of hydrogen-bond acceptors (Lipinski definition) is 4. The van der Waals surface area contributed by atoms with Crippen molar-refractivity contribution in [2.75, 3.05) is 33.7 Å². The summed E-state index contributed by atoms with van der Waals surface area (Å²) in [5.41, 5.74) is 0. The van der Waals surface area contributed by atoms with Gasteiger partial charge in [-0.25, -0.2) is 0 Å². The van der Waals surface area contributed by atoms with Crippen molar-refractivity contribution in [2.45, 2.75) is 25.3 Å². The van der Waals surface area contributed by atoms with E-state index in [0.29, 0.717) is 18.0 Å². The third-order valence-corrected chi connectivity index (χ3v) is 4.71. The molecule has 1 unspecified atom stereocenters. The van der Waals surface area contributed by atoms with Gasteiger partial charge >= 0.3 is 0 Å². The minimum atomic E-state index is -0.310. The van der Waals surface area contributed by atoms with E-state index in [4.69, 9.17) is 0 Å². The van der Waals surface area contributed by atoms with E-state index in [-0.39, 0.29) is 30.3 Å². The van der Waals surface area contributed by atoms with E-state index >= 15 is 0 Å². The zero-order valence-electron chi connectivity index (χ0n) is 13.1. The molecular formula is C15H24ClN3O2S. The molecule has 5 nitrogen and oxygen atoms in total. The highest BCUT2D eigenvalue weighted by Gasteiger charge is 2.34. The van der Waals surface area contributed by atoms with Gasteiger partial charge in [0.25, 0.3) is 5.91 Å². The predicted molar refractivity (Wildman–Crippen MR) is 91.8 cm³/mol. The quantitative estimate of drug-likeness (QED) is 0.886. The molecule has 0 aromatic carbocycles. The Bertz CT molecular complexity index is 481. The third-order valence-electron chi connectivity index (χ3n) is 3.85. The zero-order chi connectivity index (χ0) is 15.2. The highest BCUT2D eigenvalue weighted by atomic mass is 35.5. The van der Waals surface area contributed by atoms with Crippen molar-refractivity contribution in [1.82, 2.24) is 15.1 Å². The first-order valence-corrected chi connectivity index (χ1v) is 8.27. The number of carbonyl (C=O) groups is 2. The van der Waals surface area contributed by atoms with Gasteiger partial charge in [-0.05, 0) is 37.8 Å². The molecule has 1 aromatic heterocycles. The van der Waals surface area contributed by atoms with Crippen molar-refractivity contribution in [3.8, 4) is 0 Å². The summed E-state index contributed by atoms with van der Waals surface area (Å²) in [4.78, 5) is 29.4. The first kappa shape index (κ1) is 18.9. The number of carbonyl (C=O) groups excluding carboxylic acids is 2. The van der Waals surface area contributed by atoms with E-state index in [1.54, 1.807) is 9.80 Å². The molecule has 2 heterocycles. The molecule has 0 radical (unpaired) electrons. The van der Waals surface area contributed by atoms with Crippen LogP contribution < -0.4 is 5.32 Å². The van der Waals surface area contributed by atoms with Gasteiger partial charge in [-0.2, -0.15) is 0 Å². The second kappa shape index (κ2) is 9.12. The average molecular weight is 346 g/mol. The van der Waals surface area contributed by atoms with Gasteiger partial charge in [-0.1, -0.05) is 6.07 Å². The lowest BCUT2D eigenvalue weighted by molar-refractivity contribution is -0.135. The van der Waals surface area contributed by atoms with Crippen LogP contribution in [-0.2, 0) is 4.79 Å². The van der Waals surface area contributed by atoms with Crippen molar-refractivity contribution in [3.05, 3.63) is 22.4 Å². The maximum absolute atomic E-state index is 12.6. The van der Waals surface area contributed by atoms with E-state index in [1.165, 1.54) is 11.3 Å². The van der Waals surface area contributed by atoms with Gasteiger partial charge in [0, 0.05) is 26.7 Å². The van der Waals surface area contributed by atoms with Crippen LogP contribution in [0.3, 0.4) is 0 Å². The molecule has 0 aliphatic carbocycles. The Kier molecular flexibility index (Phi) is 7.85. The van der Waals surface area contributed by atoms with E-state index in [1.807, 2.05) is 31.6 Å². The second-order valence-electron chi connectivity index (χ2n) is 5.35. The molecule has 1 aromatic rings. The lowest BCUT2D eigenvalue weighted by atomic mass is 10.0. The molecular weight excluding hydrogens is 322 g/mol. The van der Waals surface area contributed by atoms with Gasteiger partial charge in [-0.3, -0.25) is 9.59 Å². The molecule has 1 saturated heterocycles. The largest absolute Gasteiger partial charge is 0.343 e. The van der Waals surface area contributed by atoms with Crippen LogP contribution in [0, 0.1) is 0 Å². The molecule has 0 bridgehead atoms. The first-order valence-electron chi connectivity index (χ1n) is 7.39. The smallest absolute Gasteiger partial charge is 0.264 e. The van der Waals surface area contributed by atoms with Gasteiger partial charge in [0.05, 0.1) is 4.88 Å². The summed E-state index contributed by atoms with van der Waals surface area (Å²) in [7, 11) is 3.67. The summed E-state index contributed by atoms with van der Waals surface area (Å²) in [6.07, 6.45) is 2.74. The van der Waals surface area contributed by atoms with Crippen molar-refractivity contribution in [3.63, 3.8) is 0 Å². The number of likely N-dealkylation sites (tertiary alicyclic amines) is 1. The van der Waals surface area contributed by atoms with E-state index in [0.717, 1.165) is 25.8 Å². The summed E-state index contributed by atoms with van der Waals surface area (Å²) in [6.45, 7) is 2.09. The maximum atomic E-state index is 12.6. The highest BCUT2D eigenvalue weighted by molar-refractivity contribution is 7.12. The van der Waals surface area contributed by atoms with Crippen LogP contribution in [0.4, 0.5) is 0 Å². The van der Waals surface area contributed by atoms with Crippen LogP contribution in [0.15, 0.2) is 17.5 Å². The van der Waals surface area contributed by atoms with Crippen LogP contribution in [-0.4, -0.2) is 61.4 Å². The van der Waals surface area contributed by atoms with Crippen molar-refractivity contribution < 1.29 is 9.59 Å². The van der Waals surface area contributed by atoms with Gasteiger partial charge in [0.2, 0.25) is 5.91 Å². The second-order valence-corrected chi connectivity index (χ2v) is 6.30. The van der Waals surface area contributed by atoms with Crippen LogP contribution in [0.25, 0.3) is 0 Å². The monoisotopic (exact) mass is 345 g/mol. The molecule has 2 rings (SSSR count). The number of likely N-dealkylation sites (N-methyl/N-ethyl adjacent to an activating group) is 2. The molecule has 22 heavy (non-hydrogen) atoms. The first-order chi connectivity index (χ1) is 10.1. The normalized spacial score (nSPS) is 17.7. The van der Waals surface area contributed by atoms with Crippen molar-refractivity contribution >= 4 is 35.6 Å². The van der Waals surface area contributed by atoms with E-state index in [9.17, 15) is 9.59 Å². The van der Waals surface area contributed by atoms with Gasteiger partial charge < -0.3 is 15.1 Å².